The van der Waals surface area contributed by atoms with Gasteiger partial charge >= 0.3 is 0 Å². The van der Waals surface area contributed by atoms with Gasteiger partial charge in [-0.15, -0.1) is 0 Å². The molecule has 3 unspecified atom stereocenters. The smallest absolute Gasteiger partial charge is 0.147 e. The molecule has 15 heavy (non-hydrogen) atoms. The van der Waals surface area contributed by atoms with Gasteiger partial charge in [0.15, 0.2) is 0 Å². The fourth-order valence-electron chi connectivity index (χ4n) is 2.70. The molecular weight excluding hydrogens is 188 g/mol. The molecule has 2 bridgehead atoms. The first-order chi connectivity index (χ1) is 7.25. The van der Waals surface area contributed by atoms with E-state index >= 15 is 0 Å². The number of allylic oxidation sites excluding steroid dienone is 2. The molecule has 0 spiro atoms. The Morgan fingerprint density at radius 1 is 1.13 bits per heavy atom. The van der Waals surface area contributed by atoms with E-state index in [0.717, 1.165) is 12.0 Å². The second-order valence-corrected chi connectivity index (χ2v) is 4.35. The number of benzene rings is 1. The summed E-state index contributed by atoms with van der Waals surface area (Å²) < 4.78 is 0. The number of rotatable bonds is 1. The van der Waals surface area contributed by atoms with E-state index in [2.05, 4.69) is 0 Å². The maximum absolute atomic E-state index is 11.7. The minimum atomic E-state index is 0.0829. The minimum absolute atomic E-state index is 0.0829. The highest BCUT2D eigenvalue weighted by Gasteiger charge is 2.43. The zero-order valence-corrected chi connectivity index (χ0v) is 8.26. The fraction of sp³-hybridized carbons (Fsp3) is 0.308. The molecule has 0 heterocycles. The lowest BCUT2D eigenvalue weighted by Crippen LogP contribution is -2.08. The molecule has 0 aliphatic heterocycles. The van der Waals surface area contributed by atoms with Gasteiger partial charge in [-0.05, 0) is 30.0 Å². The van der Waals surface area contributed by atoms with Crippen molar-refractivity contribution in [2.45, 2.75) is 12.3 Å². The monoisotopic (exact) mass is 200 g/mol. The standard InChI is InChI=1S/C13H12O2/c14-10-4-1-8(2-5-10)12-7-9-3-6-11(12)13(9)15/h1-6,9,11-12,14H,7H2. The van der Waals surface area contributed by atoms with Crippen molar-refractivity contribution in [2.75, 3.05) is 0 Å². The number of hydrogen-bond acceptors (Lipinski definition) is 2. The van der Waals surface area contributed by atoms with Crippen LogP contribution in [-0.2, 0) is 4.79 Å². The van der Waals surface area contributed by atoms with E-state index in [1.807, 2.05) is 24.3 Å². The molecule has 1 aromatic rings. The maximum Gasteiger partial charge on any atom is 0.147 e. The van der Waals surface area contributed by atoms with Crippen LogP contribution < -0.4 is 0 Å². The molecule has 0 saturated heterocycles. The van der Waals surface area contributed by atoms with Gasteiger partial charge in [-0.2, -0.15) is 0 Å². The summed E-state index contributed by atoms with van der Waals surface area (Å²) in [4.78, 5) is 11.7. The third-order valence-corrected chi connectivity index (χ3v) is 3.51. The summed E-state index contributed by atoms with van der Waals surface area (Å²) in [6, 6.07) is 7.22. The topological polar surface area (TPSA) is 37.3 Å². The largest absolute Gasteiger partial charge is 0.508 e. The summed E-state index contributed by atoms with van der Waals surface area (Å²) in [7, 11) is 0. The lowest BCUT2D eigenvalue weighted by atomic mass is 9.87. The van der Waals surface area contributed by atoms with Crippen LogP contribution in [0.5, 0.6) is 5.75 Å². The number of aromatic hydroxyl groups is 1. The van der Waals surface area contributed by atoms with Crippen molar-refractivity contribution in [3.05, 3.63) is 42.0 Å². The number of fused-ring (bicyclic) bond motifs is 2. The SMILES string of the molecule is O=C1C2C=CC1C(c1ccc(O)cc1)C2. The summed E-state index contributed by atoms with van der Waals surface area (Å²) in [5.41, 5.74) is 1.16. The average Bonchev–Trinajstić information content (AvgIpc) is 2.75. The van der Waals surface area contributed by atoms with Gasteiger partial charge in [0.05, 0.1) is 0 Å². The zero-order chi connectivity index (χ0) is 10.4. The van der Waals surface area contributed by atoms with Crippen LogP contribution in [0.15, 0.2) is 36.4 Å². The van der Waals surface area contributed by atoms with Gasteiger partial charge in [0, 0.05) is 11.8 Å². The molecule has 0 amide bonds. The van der Waals surface area contributed by atoms with E-state index in [4.69, 9.17) is 0 Å². The van der Waals surface area contributed by atoms with Crippen molar-refractivity contribution in [3.63, 3.8) is 0 Å². The molecule has 1 aromatic carbocycles. The Labute approximate surface area is 88.2 Å². The van der Waals surface area contributed by atoms with Crippen LogP contribution in [0.1, 0.15) is 17.9 Å². The van der Waals surface area contributed by atoms with Crippen molar-refractivity contribution in [3.8, 4) is 5.75 Å². The van der Waals surface area contributed by atoms with Gasteiger partial charge in [-0.1, -0.05) is 24.3 Å². The molecule has 2 aliphatic rings. The molecule has 3 rings (SSSR count). The Morgan fingerprint density at radius 2 is 1.87 bits per heavy atom. The average molecular weight is 200 g/mol. The van der Waals surface area contributed by atoms with E-state index in [1.165, 1.54) is 0 Å². The lowest BCUT2D eigenvalue weighted by molar-refractivity contribution is -0.120. The highest BCUT2D eigenvalue weighted by molar-refractivity contribution is 5.92. The Morgan fingerprint density at radius 3 is 2.40 bits per heavy atom. The summed E-state index contributed by atoms with van der Waals surface area (Å²) >= 11 is 0. The van der Waals surface area contributed by atoms with Crippen LogP contribution in [-0.4, -0.2) is 10.9 Å². The molecule has 3 atom stereocenters. The Hall–Kier alpha value is -1.57. The number of carbonyl (C=O) groups excluding carboxylic acids is 1. The van der Waals surface area contributed by atoms with Crippen molar-refractivity contribution >= 4 is 5.78 Å². The van der Waals surface area contributed by atoms with Crippen molar-refractivity contribution < 1.29 is 9.90 Å². The summed E-state index contributed by atoms with van der Waals surface area (Å²) in [5, 5.41) is 9.20. The van der Waals surface area contributed by atoms with Crippen molar-refractivity contribution in [1.29, 1.82) is 0 Å². The first kappa shape index (κ1) is 8.72. The van der Waals surface area contributed by atoms with Gasteiger partial charge in [0.1, 0.15) is 11.5 Å². The van der Waals surface area contributed by atoms with Gasteiger partial charge in [0.2, 0.25) is 0 Å². The zero-order valence-electron chi connectivity index (χ0n) is 8.26. The van der Waals surface area contributed by atoms with Crippen LogP contribution in [0.2, 0.25) is 0 Å². The number of phenolic OH excluding ortho intramolecular Hbond substituents is 1. The van der Waals surface area contributed by atoms with Gasteiger partial charge < -0.3 is 5.11 Å². The Bertz CT molecular complexity index is 430. The van der Waals surface area contributed by atoms with Crippen molar-refractivity contribution in [2.24, 2.45) is 11.8 Å². The molecule has 1 fully saturated rings. The van der Waals surface area contributed by atoms with Crippen molar-refractivity contribution in [1.82, 2.24) is 0 Å². The van der Waals surface area contributed by atoms with Gasteiger partial charge in [-0.3, -0.25) is 4.79 Å². The number of carbonyl (C=O) groups is 1. The third-order valence-electron chi connectivity index (χ3n) is 3.51. The first-order valence-electron chi connectivity index (χ1n) is 5.26. The minimum Gasteiger partial charge on any atom is -0.508 e. The molecule has 0 radical (unpaired) electrons. The van der Waals surface area contributed by atoms with E-state index < -0.39 is 0 Å². The highest BCUT2D eigenvalue weighted by atomic mass is 16.3. The van der Waals surface area contributed by atoms with Gasteiger partial charge in [-0.25, -0.2) is 0 Å². The maximum atomic E-state index is 11.7. The number of hydrogen-bond donors (Lipinski definition) is 1. The first-order valence-corrected chi connectivity index (χ1v) is 5.26. The molecule has 2 aliphatic carbocycles. The summed E-state index contributed by atoms with van der Waals surface area (Å²) in [5.74, 6) is 1.21. The van der Waals surface area contributed by atoms with Crippen LogP contribution in [0.25, 0.3) is 0 Å². The van der Waals surface area contributed by atoms with E-state index in [-0.39, 0.29) is 17.6 Å². The molecule has 2 heteroatoms. The molecular formula is C13H12O2. The fourth-order valence-corrected chi connectivity index (χ4v) is 2.70. The third kappa shape index (κ3) is 1.21. The van der Waals surface area contributed by atoms with E-state index in [9.17, 15) is 9.90 Å². The normalized spacial score (nSPS) is 32.5. The second kappa shape index (κ2) is 2.96. The number of ketones is 1. The molecule has 1 N–H and O–H groups in total. The quantitative estimate of drug-likeness (QED) is 0.706. The lowest BCUT2D eigenvalue weighted by Gasteiger charge is -2.16. The van der Waals surface area contributed by atoms with Gasteiger partial charge in [0.25, 0.3) is 0 Å². The van der Waals surface area contributed by atoms with Crippen LogP contribution in [0.3, 0.4) is 0 Å². The Kier molecular flexibility index (Phi) is 1.72. The summed E-state index contributed by atoms with van der Waals surface area (Å²) in [6.07, 6.45) is 5.00. The van der Waals surface area contributed by atoms with Crippen LogP contribution >= 0.6 is 0 Å². The predicted octanol–water partition coefficient (Wildman–Crippen LogP) is 2.25. The number of Topliss-reactive ketones (excluding diaryl/α,β-unsaturated/α-hetero) is 1. The molecule has 2 nitrogen and oxygen atoms in total. The molecule has 76 valence electrons. The van der Waals surface area contributed by atoms with Crippen LogP contribution in [0.4, 0.5) is 0 Å². The predicted molar refractivity (Wildman–Crippen MR) is 56.6 cm³/mol. The molecule has 0 aromatic heterocycles. The second-order valence-electron chi connectivity index (χ2n) is 4.35. The summed E-state index contributed by atoms with van der Waals surface area (Å²) in [6.45, 7) is 0. The Balaban J connectivity index is 1.94. The van der Waals surface area contributed by atoms with E-state index in [1.54, 1.807) is 12.1 Å². The number of phenols is 1. The highest BCUT2D eigenvalue weighted by Crippen LogP contribution is 2.46. The van der Waals surface area contributed by atoms with Crippen LogP contribution in [0, 0.1) is 11.8 Å². The van der Waals surface area contributed by atoms with E-state index in [0.29, 0.717) is 11.7 Å². The molecule has 1 saturated carbocycles.